The molecule has 2 aromatic rings. The Bertz CT molecular complexity index is 970. The summed E-state index contributed by atoms with van der Waals surface area (Å²) in [4.78, 5) is 10.5. The van der Waals surface area contributed by atoms with Crippen LogP contribution in [0.5, 0.6) is 0 Å². The third-order valence-electron chi connectivity index (χ3n) is 5.17. The number of nitrogens with one attached hydrogen (secondary N) is 1. The first kappa shape index (κ1) is 19.5. The highest BCUT2D eigenvalue weighted by molar-refractivity contribution is 7.89. The number of hydrogen-bond acceptors (Lipinski definition) is 4. The van der Waals surface area contributed by atoms with Crippen molar-refractivity contribution in [2.75, 3.05) is 0 Å². The zero-order chi connectivity index (χ0) is 19.6. The van der Waals surface area contributed by atoms with E-state index in [0.717, 1.165) is 30.9 Å². The molecule has 0 bridgehead atoms. The van der Waals surface area contributed by atoms with Crippen LogP contribution in [-0.4, -0.2) is 13.3 Å². The largest absolute Gasteiger partial charge is 0.273 e. The van der Waals surface area contributed by atoms with E-state index in [2.05, 4.69) is 16.9 Å². The third-order valence-corrected chi connectivity index (χ3v) is 6.64. The van der Waals surface area contributed by atoms with Crippen LogP contribution in [0.1, 0.15) is 54.5 Å². The van der Waals surface area contributed by atoms with Crippen molar-refractivity contribution in [1.82, 2.24) is 4.72 Å². The molecule has 2 aromatic carbocycles. The SMILES string of the molecule is CC[C@H](NS(=O)(=O)c1ccc(C)c([N+](=O)[O-])c1)c1ccc2c(c1)CCCC2. The van der Waals surface area contributed by atoms with E-state index >= 15 is 0 Å². The van der Waals surface area contributed by atoms with E-state index in [4.69, 9.17) is 0 Å². The van der Waals surface area contributed by atoms with Crippen LogP contribution in [0.15, 0.2) is 41.3 Å². The summed E-state index contributed by atoms with van der Waals surface area (Å²) in [7, 11) is -3.87. The number of sulfonamides is 1. The third kappa shape index (κ3) is 4.20. The van der Waals surface area contributed by atoms with Crippen molar-refractivity contribution in [3.05, 3.63) is 68.8 Å². The minimum Gasteiger partial charge on any atom is -0.258 e. The molecule has 0 radical (unpaired) electrons. The van der Waals surface area contributed by atoms with Gasteiger partial charge in [0.1, 0.15) is 0 Å². The molecule has 0 unspecified atom stereocenters. The molecule has 0 aromatic heterocycles. The smallest absolute Gasteiger partial charge is 0.258 e. The molecule has 0 aliphatic heterocycles. The van der Waals surface area contributed by atoms with E-state index in [0.29, 0.717) is 12.0 Å². The minimum absolute atomic E-state index is 0.0868. The van der Waals surface area contributed by atoms with Gasteiger partial charge in [-0.15, -0.1) is 0 Å². The summed E-state index contributed by atoms with van der Waals surface area (Å²) in [5, 5.41) is 11.1. The average Bonchev–Trinajstić information content (AvgIpc) is 2.65. The van der Waals surface area contributed by atoms with Gasteiger partial charge in [0, 0.05) is 17.7 Å². The van der Waals surface area contributed by atoms with Crippen molar-refractivity contribution in [3.8, 4) is 0 Å². The van der Waals surface area contributed by atoms with Crippen molar-refractivity contribution in [2.45, 2.75) is 56.9 Å². The Morgan fingerprint density at radius 3 is 2.48 bits per heavy atom. The van der Waals surface area contributed by atoms with Crippen LogP contribution >= 0.6 is 0 Å². The molecular formula is C20H24N2O4S. The topological polar surface area (TPSA) is 89.3 Å². The highest BCUT2D eigenvalue weighted by atomic mass is 32.2. The highest BCUT2D eigenvalue weighted by Crippen LogP contribution is 2.28. The summed E-state index contributed by atoms with van der Waals surface area (Å²) in [6.07, 6.45) is 5.04. The van der Waals surface area contributed by atoms with Gasteiger partial charge in [0.25, 0.3) is 5.69 Å². The summed E-state index contributed by atoms with van der Waals surface area (Å²) in [6, 6.07) is 9.80. The van der Waals surface area contributed by atoms with E-state index < -0.39 is 14.9 Å². The van der Waals surface area contributed by atoms with Gasteiger partial charge in [-0.25, -0.2) is 13.1 Å². The normalized spacial score (nSPS) is 15.2. The Morgan fingerprint density at radius 1 is 1.11 bits per heavy atom. The Hall–Kier alpha value is -2.25. The van der Waals surface area contributed by atoms with Crippen LogP contribution in [0.2, 0.25) is 0 Å². The summed E-state index contributed by atoms with van der Waals surface area (Å²) in [6.45, 7) is 3.51. The van der Waals surface area contributed by atoms with Gasteiger partial charge in [-0.1, -0.05) is 31.2 Å². The van der Waals surface area contributed by atoms with Crippen molar-refractivity contribution < 1.29 is 13.3 Å². The zero-order valence-electron chi connectivity index (χ0n) is 15.6. The van der Waals surface area contributed by atoms with Crippen LogP contribution in [0.25, 0.3) is 0 Å². The molecule has 7 heteroatoms. The molecule has 1 aliphatic carbocycles. The van der Waals surface area contributed by atoms with Crippen LogP contribution in [0.4, 0.5) is 5.69 Å². The average molecular weight is 388 g/mol. The molecule has 1 atom stereocenters. The van der Waals surface area contributed by atoms with Crippen molar-refractivity contribution in [2.24, 2.45) is 0 Å². The van der Waals surface area contributed by atoms with Gasteiger partial charge in [0.2, 0.25) is 10.0 Å². The van der Waals surface area contributed by atoms with E-state index in [1.807, 2.05) is 13.0 Å². The van der Waals surface area contributed by atoms with Crippen LogP contribution in [0, 0.1) is 17.0 Å². The predicted octanol–water partition coefficient (Wildman–Crippen LogP) is 4.21. The van der Waals surface area contributed by atoms with Crippen molar-refractivity contribution in [1.29, 1.82) is 0 Å². The Kier molecular flexibility index (Phi) is 5.62. The Labute approximate surface area is 159 Å². The van der Waals surface area contributed by atoms with Crippen LogP contribution < -0.4 is 4.72 Å². The number of nitrogens with zero attached hydrogens (tertiary/aromatic N) is 1. The molecule has 0 heterocycles. The standard InChI is InChI=1S/C20H24N2O4S/c1-3-19(17-10-9-15-6-4-5-7-16(15)12-17)21-27(25,26)18-11-8-14(2)20(13-18)22(23)24/h8-13,19,21H,3-7H2,1-2H3/t19-/m0/s1. The van der Waals surface area contributed by atoms with Crippen molar-refractivity contribution in [3.63, 3.8) is 0 Å². The Balaban J connectivity index is 1.89. The fourth-order valence-electron chi connectivity index (χ4n) is 3.57. The number of fused-ring (bicyclic) bond motifs is 1. The number of nitro benzene ring substituents is 1. The van der Waals surface area contributed by atoms with E-state index in [1.165, 1.54) is 29.7 Å². The maximum Gasteiger partial charge on any atom is 0.273 e. The molecule has 3 rings (SSSR count). The lowest BCUT2D eigenvalue weighted by Gasteiger charge is -2.21. The number of rotatable bonds is 6. The Morgan fingerprint density at radius 2 is 1.81 bits per heavy atom. The second-order valence-corrected chi connectivity index (χ2v) is 8.74. The molecule has 1 aliphatic rings. The lowest BCUT2D eigenvalue weighted by Crippen LogP contribution is -2.28. The quantitative estimate of drug-likeness (QED) is 0.593. The molecule has 0 saturated heterocycles. The monoisotopic (exact) mass is 388 g/mol. The summed E-state index contributed by atoms with van der Waals surface area (Å²) in [5.41, 5.74) is 3.81. The molecule has 0 spiro atoms. The predicted molar refractivity (Wildman–Crippen MR) is 104 cm³/mol. The lowest BCUT2D eigenvalue weighted by atomic mass is 9.89. The van der Waals surface area contributed by atoms with Crippen LogP contribution in [-0.2, 0) is 22.9 Å². The maximum absolute atomic E-state index is 12.8. The highest BCUT2D eigenvalue weighted by Gasteiger charge is 2.24. The molecule has 0 saturated carbocycles. The first-order chi connectivity index (χ1) is 12.8. The van der Waals surface area contributed by atoms with Gasteiger partial charge >= 0.3 is 0 Å². The van der Waals surface area contributed by atoms with E-state index in [1.54, 1.807) is 6.92 Å². The number of aryl methyl sites for hydroxylation is 3. The molecule has 27 heavy (non-hydrogen) atoms. The molecular weight excluding hydrogens is 364 g/mol. The second-order valence-electron chi connectivity index (χ2n) is 7.02. The fourth-order valence-corrected chi connectivity index (χ4v) is 4.89. The van der Waals surface area contributed by atoms with Crippen molar-refractivity contribution >= 4 is 15.7 Å². The van der Waals surface area contributed by atoms with Gasteiger partial charge < -0.3 is 0 Å². The molecule has 144 valence electrons. The molecule has 1 N–H and O–H groups in total. The molecule has 6 nitrogen and oxygen atoms in total. The fraction of sp³-hybridized carbons (Fsp3) is 0.400. The summed E-state index contributed by atoms with van der Waals surface area (Å²) < 4.78 is 28.3. The summed E-state index contributed by atoms with van der Waals surface area (Å²) in [5.74, 6) is 0. The molecule has 0 amide bonds. The van der Waals surface area contributed by atoms with Gasteiger partial charge in [-0.3, -0.25) is 10.1 Å². The van der Waals surface area contributed by atoms with E-state index in [-0.39, 0.29) is 16.6 Å². The van der Waals surface area contributed by atoms with Gasteiger partial charge in [0.15, 0.2) is 0 Å². The second kappa shape index (κ2) is 7.78. The summed E-state index contributed by atoms with van der Waals surface area (Å²) >= 11 is 0. The van der Waals surface area contributed by atoms with Gasteiger partial charge in [-0.2, -0.15) is 0 Å². The van der Waals surface area contributed by atoms with Gasteiger partial charge in [-0.05, 0) is 61.8 Å². The van der Waals surface area contributed by atoms with E-state index in [9.17, 15) is 18.5 Å². The lowest BCUT2D eigenvalue weighted by molar-refractivity contribution is -0.385. The first-order valence-electron chi connectivity index (χ1n) is 9.21. The number of benzene rings is 2. The van der Waals surface area contributed by atoms with Crippen LogP contribution in [0.3, 0.4) is 0 Å². The zero-order valence-corrected chi connectivity index (χ0v) is 16.4. The number of nitro groups is 1. The number of hydrogen-bond donors (Lipinski definition) is 1. The minimum atomic E-state index is -3.87. The van der Waals surface area contributed by atoms with Gasteiger partial charge in [0.05, 0.1) is 9.82 Å². The maximum atomic E-state index is 12.8. The first-order valence-corrected chi connectivity index (χ1v) is 10.7. The molecule has 0 fully saturated rings.